The van der Waals surface area contributed by atoms with Crippen LogP contribution in [-0.2, 0) is 10.3 Å². The molecule has 0 aliphatic carbocycles. The fraction of sp³-hybridized carbons (Fsp3) is 0.250. The van der Waals surface area contributed by atoms with E-state index in [1.165, 1.54) is 11.0 Å². The molecular formula is C20H20N6O4. The Morgan fingerprint density at radius 1 is 1.10 bits per heavy atom. The van der Waals surface area contributed by atoms with Gasteiger partial charge in [0.15, 0.2) is 0 Å². The quantitative estimate of drug-likeness (QED) is 0.590. The number of methoxy groups -OCH3 is 1. The van der Waals surface area contributed by atoms with E-state index in [0.29, 0.717) is 17.0 Å². The van der Waals surface area contributed by atoms with Gasteiger partial charge in [-0.1, -0.05) is 12.1 Å². The Balaban J connectivity index is 1.45. The van der Waals surface area contributed by atoms with E-state index in [4.69, 9.17) is 9.47 Å². The summed E-state index contributed by atoms with van der Waals surface area (Å²) >= 11 is 0. The molecule has 0 spiro atoms. The molecule has 1 fully saturated rings. The molecule has 0 radical (unpaired) electrons. The van der Waals surface area contributed by atoms with E-state index in [1.807, 2.05) is 6.07 Å². The van der Waals surface area contributed by atoms with E-state index >= 15 is 0 Å². The van der Waals surface area contributed by atoms with Crippen LogP contribution in [0.1, 0.15) is 12.5 Å². The number of tetrazole rings is 1. The lowest BCUT2D eigenvalue weighted by molar-refractivity contribution is -0.131. The normalized spacial score (nSPS) is 18.4. The van der Waals surface area contributed by atoms with Gasteiger partial charge in [0.05, 0.1) is 19.3 Å². The zero-order chi connectivity index (χ0) is 21.1. The first-order valence-corrected chi connectivity index (χ1v) is 9.26. The first-order valence-electron chi connectivity index (χ1n) is 9.26. The van der Waals surface area contributed by atoms with Crippen LogP contribution in [-0.4, -0.2) is 57.3 Å². The Hall–Kier alpha value is -3.95. The fourth-order valence-electron chi connectivity index (χ4n) is 3.26. The zero-order valence-electron chi connectivity index (χ0n) is 16.5. The minimum Gasteiger partial charge on any atom is -0.497 e. The van der Waals surface area contributed by atoms with Gasteiger partial charge in [0.1, 0.15) is 30.0 Å². The number of rotatable bonds is 7. The Bertz CT molecular complexity index is 1050. The highest BCUT2D eigenvalue weighted by molar-refractivity contribution is 6.07. The third-order valence-corrected chi connectivity index (χ3v) is 4.96. The van der Waals surface area contributed by atoms with Gasteiger partial charge in [-0.3, -0.25) is 9.69 Å². The summed E-state index contributed by atoms with van der Waals surface area (Å²) in [6.45, 7) is 1.97. The average molecular weight is 408 g/mol. The summed E-state index contributed by atoms with van der Waals surface area (Å²) in [5.74, 6) is 0.996. The molecule has 2 heterocycles. The number of nitrogens with zero attached hydrogens (tertiary/aromatic N) is 5. The number of urea groups is 1. The highest BCUT2D eigenvalue weighted by atomic mass is 16.5. The molecule has 0 bridgehead atoms. The number of amides is 3. The number of carbonyl (C=O) groups is 2. The molecule has 10 heteroatoms. The summed E-state index contributed by atoms with van der Waals surface area (Å²) in [5.41, 5.74) is 0.121. The Morgan fingerprint density at radius 2 is 1.87 bits per heavy atom. The lowest BCUT2D eigenvalue weighted by atomic mass is 9.91. The summed E-state index contributed by atoms with van der Waals surface area (Å²) in [7, 11) is 1.59. The maximum Gasteiger partial charge on any atom is 0.325 e. The van der Waals surface area contributed by atoms with E-state index < -0.39 is 11.6 Å². The van der Waals surface area contributed by atoms with E-state index in [9.17, 15) is 9.59 Å². The molecule has 30 heavy (non-hydrogen) atoms. The first kappa shape index (κ1) is 19.4. The van der Waals surface area contributed by atoms with Crippen molar-refractivity contribution in [3.05, 3.63) is 60.4 Å². The smallest absolute Gasteiger partial charge is 0.325 e. The first-order chi connectivity index (χ1) is 14.5. The molecule has 1 aromatic heterocycles. The highest BCUT2D eigenvalue weighted by Crippen LogP contribution is 2.30. The predicted molar refractivity (Wildman–Crippen MR) is 105 cm³/mol. The van der Waals surface area contributed by atoms with Gasteiger partial charge < -0.3 is 14.8 Å². The van der Waals surface area contributed by atoms with Crippen LogP contribution in [0.2, 0.25) is 0 Å². The van der Waals surface area contributed by atoms with Gasteiger partial charge in [-0.05, 0) is 59.3 Å². The zero-order valence-corrected chi connectivity index (χ0v) is 16.5. The van der Waals surface area contributed by atoms with Gasteiger partial charge in [-0.15, -0.1) is 5.10 Å². The number of benzene rings is 2. The van der Waals surface area contributed by atoms with Crippen LogP contribution in [0.25, 0.3) is 5.69 Å². The SMILES string of the molecule is COc1ccc(OCCN2C(=O)N[C@](C)(c3cccc(-n4cnnn4)c3)C2=O)cc1. The molecule has 4 rings (SSSR count). The monoisotopic (exact) mass is 408 g/mol. The van der Waals surface area contributed by atoms with Gasteiger partial charge in [0.25, 0.3) is 5.91 Å². The van der Waals surface area contributed by atoms with Crippen molar-refractivity contribution in [3.63, 3.8) is 0 Å². The van der Waals surface area contributed by atoms with Crippen LogP contribution in [0, 0.1) is 0 Å². The fourth-order valence-corrected chi connectivity index (χ4v) is 3.26. The van der Waals surface area contributed by atoms with Crippen molar-refractivity contribution in [3.8, 4) is 17.2 Å². The second kappa shape index (κ2) is 7.82. The van der Waals surface area contributed by atoms with Crippen LogP contribution < -0.4 is 14.8 Å². The van der Waals surface area contributed by atoms with E-state index in [1.54, 1.807) is 56.5 Å². The van der Waals surface area contributed by atoms with Crippen LogP contribution in [0.5, 0.6) is 11.5 Å². The molecule has 1 aliphatic heterocycles. The molecule has 3 aromatic rings. The molecule has 154 valence electrons. The molecule has 2 aromatic carbocycles. The second-order valence-electron chi connectivity index (χ2n) is 6.84. The van der Waals surface area contributed by atoms with Crippen LogP contribution in [0.4, 0.5) is 4.79 Å². The summed E-state index contributed by atoms with van der Waals surface area (Å²) in [4.78, 5) is 26.7. The number of nitrogens with one attached hydrogen (secondary N) is 1. The molecule has 1 atom stereocenters. The summed E-state index contributed by atoms with van der Waals surface area (Å²) in [6.07, 6.45) is 1.46. The molecule has 1 aliphatic rings. The van der Waals surface area contributed by atoms with Crippen LogP contribution >= 0.6 is 0 Å². The number of hydrogen-bond donors (Lipinski definition) is 1. The van der Waals surface area contributed by atoms with Crippen molar-refractivity contribution >= 4 is 11.9 Å². The Morgan fingerprint density at radius 3 is 2.57 bits per heavy atom. The number of ether oxygens (including phenoxy) is 2. The minimum absolute atomic E-state index is 0.124. The second-order valence-corrected chi connectivity index (χ2v) is 6.84. The van der Waals surface area contributed by atoms with Crippen LogP contribution in [0.3, 0.4) is 0 Å². The molecule has 1 saturated heterocycles. The lowest BCUT2D eigenvalue weighted by Gasteiger charge is -2.22. The number of carbonyl (C=O) groups excluding carboxylic acids is 2. The largest absolute Gasteiger partial charge is 0.497 e. The summed E-state index contributed by atoms with van der Waals surface area (Å²) in [6, 6.07) is 13.8. The standard InChI is InChI=1S/C20H20N6O4/c1-20(14-4-3-5-15(12-14)26-13-21-23-24-26)18(27)25(19(28)22-20)10-11-30-17-8-6-16(29-2)7-9-17/h3-9,12-13H,10-11H2,1-2H3,(H,22,28)/t20-/m1/s1. The maximum atomic E-state index is 13.1. The lowest BCUT2D eigenvalue weighted by Crippen LogP contribution is -2.41. The summed E-state index contributed by atoms with van der Waals surface area (Å²) in [5, 5.41) is 13.9. The average Bonchev–Trinajstić information content (AvgIpc) is 3.38. The number of aromatic nitrogens is 4. The van der Waals surface area contributed by atoms with Crippen molar-refractivity contribution in [1.29, 1.82) is 0 Å². The third kappa shape index (κ3) is 3.54. The van der Waals surface area contributed by atoms with Gasteiger partial charge >= 0.3 is 6.03 Å². The van der Waals surface area contributed by atoms with Crippen molar-refractivity contribution in [2.24, 2.45) is 0 Å². The molecule has 3 amide bonds. The predicted octanol–water partition coefficient (Wildman–Crippen LogP) is 1.52. The highest BCUT2D eigenvalue weighted by Gasteiger charge is 2.48. The minimum atomic E-state index is -1.19. The molecule has 0 unspecified atom stereocenters. The van der Waals surface area contributed by atoms with Crippen LogP contribution in [0.15, 0.2) is 54.9 Å². The van der Waals surface area contributed by atoms with Crippen molar-refractivity contribution in [2.75, 3.05) is 20.3 Å². The topological polar surface area (TPSA) is 111 Å². The number of hydrogen-bond acceptors (Lipinski definition) is 7. The molecule has 0 saturated carbocycles. The van der Waals surface area contributed by atoms with Crippen molar-refractivity contribution in [2.45, 2.75) is 12.5 Å². The van der Waals surface area contributed by atoms with E-state index in [2.05, 4.69) is 20.8 Å². The van der Waals surface area contributed by atoms with E-state index in [0.717, 1.165) is 10.6 Å². The Kier molecular flexibility index (Phi) is 5.05. The summed E-state index contributed by atoms with van der Waals surface area (Å²) < 4.78 is 12.2. The molecular weight excluding hydrogens is 388 g/mol. The third-order valence-electron chi connectivity index (χ3n) is 4.96. The van der Waals surface area contributed by atoms with Crippen molar-refractivity contribution < 1.29 is 19.1 Å². The molecule has 1 N–H and O–H groups in total. The number of imide groups is 1. The maximum absolute atomic E-state index is 13.1. The van der Waals surface area contributed by atoms with Gasteiger partial charge in [0, 0.05) is 0 Å². The van der Waals surface area contributed by atoms with Crippen molar-refractivity contribution in [1.82, 2.24) is 30.4 Å². The van der Waals surface area contributed by atoms with Gasteiger partial charge in [-0.2, -0.15) is 0 Å². The van der Waals surface area contributed by atoms with E-state index in [-0.39, 0.29) is 19.1 Å². The van der Waals surface area contributed by atoms with Gasteiger partial charge in [-0.25, -0.2) is 9.48 Å². The molecule has 10 nitrogen and oxygen atoms in total. The Labute approximate surface area is 172 Å². The van der Waals surface area contributed by atoms with Gasteiger partial charge in [0.2, 0.25) is 0 Å².